The largest absolute Gasteiger partial charge is 0.322 e. The zero-order valence-electron chi connectivity index (χ0n) is 8.03. The van der Waals surface area contributed by atoms with Gasteiger partial charge in [-0.15, -0.1) is 0 Å². The van der Waals surface area contributed by atoms with Crippen LogP contribution in [0.4, 0.5) is 0 Å². The molecule has 0 radical (unpaired) electrons. The molecule has 0 amide bonds. The van der Waals surface area contributed by atoms with Crippen LogP contribution in [-0.2, 0) is 6.42 Å². The molecule has 1 aliphatic carbocycles. The minimum Gasteiger partial charge on any atom is -0.322 e. The molecule has 0 bridgehead atoms. The summed E-state index contributed by atoms with van der Waals surface area (Å²) in [6.45, 7) is 2.15. The molecule has 1 heterocycles. The molecule has 1 fully saturated rings. The van der Waals surface area contributed by atoms with Crippen LogP contribution in [0.25, 0.3) is 0 Å². The highest BCUT2D eigenvalue weighted by atomic mass is 14.8. The van der Waals surface area contributed by atoms with Crippen molar-refractivity contribution < 1.29 is 0 Å². The predicted octanol–water partition coefficient (Wildman–Crippen LogP) is 2.05. The van der Waals surface area contributed by atoms with Crippen LogP contribution in [0, 0.1) is 5.92 Å². The minimum absolute atomic E-state index is 0.177. The van der Waals surface area contributed by atoms with Crippen molar-refractivity contribution >= 4 is 0 Å². The number of nitrogens with two attached hydrogens (primary N) is 1. The van der Waals surface area contributed by atoms with Crippen LogP contribution in [0.3, 0.4) is 0 Å². The van der Waals surface area contributed by atoms with Gasteiger partial charge in [-0.1, -0.05) is 13.0 Å². The Labute approximate surface area is 79.2 Å². The molecule has 0 aromatic carbocycles. The maximum absolute atomic E-state index is 6.11. The SMILES string of the molecule is CCc1cccnc1[C@@H](N)C1CC1. The van der Waals surface area contributed by atoms with Crippen LogP contribution in [0.2, 0.25) is 0 Å². The second-order valence-electron chi connectivity index (χ2n) is 3.76. The van der Waals surface area contributed by atoms with E-state index in [1.54, 1.807) is 0 Å². The number of rotatable bonds is 3. The van der Waals surface area contributed by atoms with Gasteiger partial charge in [0.15, 0.2) is 0 Å². The highest BCUT2D eigenvalue weighted by Crippen LogP contribution is 2.39. The van der Waals surface area contributed by atoms with Crippen molar-refractivity contribution in [3.8, 4) is 0 Å². The Balaban J connectivity index is 2.26. The van der Waals surface area contributed by atoms with E-state index in [1.165, 1.54) is 18.4 Å². The Kier molecular flexibility index (Phi) is 2.32. The standard InChI is InChI=1S/C11H16N2/c1-2-8-4-3-7-13-11(8)10(12)9-5-6-9/h3-4,7,9-10H,2,5-6,12H2,1H3/t10-/m0/s1. The van der Waals surface area contributed by atoms with Gasteiger partial charge in [-0.05, 0) is 36.8 Å². The predicted molar refractivity (Wildman–Crippen MR) is 53.3 cm³/mol. The first-order valence-electron chi connectivity index (χ1n) is 5.02. The number of aromatic nitrogens is 1. The summed E-state index contributed by atoms with van der Waals surface area (Å²) in [5.74, 6) is 0.695. The lowest BCUT2D eigenvalue weighted by molar-refractivity contribution is 0.607. The fraction of sp³-hybridized carbons (Fsp3) is 0.545. The smallest absolute Gasteiger partial charge is 0.0605 e. The van der Waals surface area contributed by atoms with Crippen molar-refractivity contribution in [2.45, 2.75) is 32.2 Å². The van der Waals surface area contributed by atoms with E-state index < -0.39 is 0 Å². The molecule has 2 nitrogen and oxygen atoms in total. The van der Waals surface area contributed by atoms with E-state index in [0.29, 0.717) is 5.92 Å². The molecule has 13 heavy (non-hydrogen) atoms. The lowest BCUT2D eigenvalue weighted by Crippen LogP contribution is -2.16. The van der Waals surface area contributed by atoms with Crippen molar-refractivity contribution in [1.29, 1.82) is 0 Å². The summed E-state index contributed by atoms with van der Waals surface area (Å²) in [6.07, 6.45) is 5.43. The van der Waals surface area contributed by atoms with Crippen LogP contribution < -0.4 is 5.73 Å². The van der Waals surface area contributed by atoms with Gasteiger partial charge in [-0.3, -0.25) is 4.98 Å². The van der Waals surface area contributed by atoms with Crippen LogP contribution in [0.15, 0.2) is 18.3 Å². The van der Waals surface area contributed by atoms with E-state index in [-0.39, 0.29) is 6.04 Å². The van der Waals surface area contributed by atoms with Gasteiger partial charge in [-0.2, -0.15) is 0 Å². The molecule has 2 heteroatoms. The number of pyridine rings is 1. The second kappa shape index (κ2) is 3.46. The Morgan fingerprint density at radius 3 is 3.00 bits per heavy atom. The van der Waals surface area contributed by atoms with Crippen molar-refractivity contribution in [2.24, 2.45) is 11.7 Å². The van der Waals surface area contributed by atoms with E-state index in [1.807, 2.05) is 12.3 Å². The molecular weight excluding hydrogens is 160 g/mol. The molecule has 70 valence electrons. The van der Waals surface area contributed by atoms with Crippen molar-refractivity contribution in [1.82, 2.24) is 4.98 Å². The van der Waals surface area contributed by atoms with E-state index in [4.69, 9.17) is 5.73 Å². The molecular formula is C11H16N2. The number of aryl methyl sites for hydroxylation is 1. The Morgan fingerprint density at radius 1 is 1.62 bits per heavy atom. The summed E-state index contributed by atoms with van der Waals surface area (Å²) >= 11 is 0. The topological polar surface area (TPSA) is 38.9 Å². The summed E-state index contributed by atoms with van der Waals surface area (Å²) in [5.41, 5.74) is 8.54. The zero-order valence-corrected chi connectivity index (χ0v) is 8.03. The summed E-state index contributed by atoms with van der Waals surface area (Å²) in [6, 6.07) is 4.29. The first kappa shape index (κ1) is 8.70. The molecule has 1 aromatic heterocycles. The maximum Gasteiger partial charge on any atom is 0.0605 e. The summed E-state index contributed by atoms with van der Waals surface area (Å²) in [5, 5.41) is 0. The van der Waals surface area contributed by atoms with Crippen LogP contribution in [0.1, 0.15) is 37.1 Å². The molecule has 0 aliphatic heterocycles. The molecule has 1 atom stereocenters. The van der Waals surface area contributed by atoms with Gasteiger partial charge in [0.25, 0.3) is 0 Å². The third-order valence-corrected chi connectivity index (χ3v) is 2.75. The average molecular weight is 176 g/mol. The van der Waals surface area contributed by atoms with Crippen molar-refractivity contribution in [3.05, 3.63) is 29.6 Å². The minimum atomic E-state index is 0.177. The molecule has 0 spiro atoms. The lowest BCUT2D eigenvalue weighted by atomic mass is 10.0. The number of hydrogen-bond donors (Lipinski definition) is 1. The molecule has 1 saturated carbocycles. The van der Waals surface area contributed by atoms with E-state index in [9.17, 15) is 0 Å². The molecule has 1 aromatic rings. The van der Waals surface area contributed by atoms with E-state index in [2.05, 4.69) is 18.0 Å². The molecule has 1 aliphatic rings. The van der Waals surface area contributed by atoms with E-state index in [0.717, 1.165) is 12.1 Å². The molecule has 0 unspecified atom stereocenters. The van der Waals surface area contributed by atoms with Gasteiger partial charge in [0.2, 0.25) is 0 Å². The maximum atomic E-state index is 6.11. The van der Waals surface area contributed by atoms with E-state index >= 15 is 0 Å². The summed E-state index contributed by atoms with van der Waals surface area (Å²) in [4.78, 5) is 4.39. The van der Waals surface area contributed by atoms with Gasteiger partial charge in [0.05, 0.1) is 11.7 Å². The van der Waals surface area contributed by atoms with Crippen molar-refractivity contribution in [2.75, 3.05) is 0 Å². The normalized spacial score (nSPS) is 18.6. The Morgan fingerprint density at radius 2 is 2.38 bits per heavy atom. The van der Waals surface area contributed by atoms with Crippen molar-refractivity contribution in [3.63, 3.8) is 0 Å². The van der Waals surface area contributed by atoms with Crippen LogP contribution >= 0.6 is 0 Å². The third-order valence-electron chi connectivity index (χ3n) is 2.75. The second-order valence-corrected chi connectivity index (χ2v) is 3.76. The lowest BCUT2D eigenvalue weighted by Gasteiger charge is -2.13. The highest BCUT2D eigenvalue weighted by Gasteiger charge is 2.31. The van der Waals surface area contributed by atoms with Crippen LogP contribution in [-0.4, -0.2) is 4.98 Å². The van der Waals surface area contributed by atoms with Gasteiger partial charge >= 0.3 is 0 Å². The molecule has 2 N–H and O–H groups in total. The Bertz CT molecular complexity index is 292. The number of hydrogen-bond acceptors (Lipinski definition) is 2. The average Bonchev–Trinajstić information content (AvgIpc) is 3.00. The molecule has 0 saturated heterocycles. The summed E-state index contributed by atoms with van der Waals surface area (Å²) in [7, 11) is 0. The van der Waals surface area contributed by atoms with Gasteiger partial charge in [0, 0.05) is 6.20 Å². The van der Waals surface area contributed by atoms with Gasteiger partial charge in [0.1, 0.15) is 0 Å². The molecule has 2 rings (SSSR count). The first-order valence-corrected chi connectivity index (χ1v) is 5.02. The highest BCUT2D eigenvalue weighted by molar-refractivity contribution is 5.23. The first-order chi connectivity index (χ1) is 6.33. The monoisotopic (exact) mass is 176 g/mol. The Hall–Kier alpha value is -0.890. The quantitative estimate of drug-likeness (QED) is 0.765. The zero-order chi connectivity index (χ0) is 9.26. The van der Waals surface area contributed by atoms with Gasteiger partial charge in [-0.25, -0.2) is 0 Å². The number of nitrogens with zero attached hydrogens (tertiary/aromatic N) is 1. The van der Waals surface area contributed by atoms with Crippen LogP contribution in [0.5, 0.6) is 0 Å². The third kappa shape index (κ3) is 1.73. The van der Waals surface area contributed by atoms with Gasteiger partial charge < -0.3 is 5.73 Å². The fourth-order valence-corrected chi connectivity index (χ4v) is 1.73. The summed E-state index contributed by atoms with van der Waals surface area (Å²) < 4.78 is 0. The fourth-order valence-electron chi connectivity index (χ4n) is 1.73.